The molecule has 13 aromatic carbocycles. The molecule has 98 heavy (non-hydrogen) atoms. The van der Waals surface area contributed by atoms with Crippen LogP contribution < -0.4 is 26.2 Å². The number of fused-ring (bicyclic) bond motifs is 7. The van der Waals surface area contributed by atoms with Crippen LogP contribution in [0.25, 0.3) is 107 Å². The zero-order valence-electron chi connectivity index (χ0n) is 52.9. The topological polar surface area (TPSA) is 102 Å². The second-order valence-electron chi connectivity index (χ2n) is 24.6. The first-order chi connectivity index (χ1) is 48.5. The van der Waals surface area contributed by atoms with Crippen molar-refractivity contribution in [3.8, 4) is 84.9 Å². The molecule has 16 aromatic rings. The van der Waals surface area contributed by atoms with Crippen molar-refractivity contribution in [3.63, 3.8) is 0 Å². The maximum absolute atomic E-state index is 13.9. The lowest BCUT2D eigenvalue weighted by Gasteiger charge is -2.44. The molecule has 0 unspecified atom stereocenters. The first-order valence-electron chi connectivity index (χ1n) is 32.9. The Morgan fingerprint density at radius 3 is 1.49 bits per heavy atom. The number of aromatic nitrogens is 6. The molecule has 10 nitrogen and oxygen atoms in total. The maximum Gasteiger partial charge on any atom is 0.338 e. The van der Waals surface area contributed by atoms with E-state index in [1.54, 1.807) is 0 Å². The summed E-state index contributed by atoms with van der Waals surface area (Å²) in [5.41, 5.74) is 23.3. The van der Waals surface area contributed by atoms with Crippen LogP contribution in [-0.2, 0) is 11.3 Å². The number of nitrogens with zero attached hydrogens (tertiary/aromatic N) is 8. The van der Waals surface area contributed by atoms with E-state index in [-0.39, 0.29) is 13.3 Å². The standard InChI is InChI=1S/C87H57BN8O2/c97-87(98-56-57-24-6-1-7-25-57)65-47-51-76-69(54-65)68-36-16-19-39-75(68)96(76)77-50-46-63(74-55-73(59-26-8-2-9-27-59)89-83(90-74)60-28-10-3-11-29-60)53-70(77)86-92-84(61-30-12-4-13-31-61)91-85(93-86)64-33-22-32-62(52-64)58-44-48-67(49-45-58)95-79-41-21-18-38-72(79)88-71-37-17-20-40-78(71)94(66-34-14-5-15-35-66)80-42-23-43-81(95)82(80)88/h1-55H,56H2. The monoisotopic (exact) mass is 1260 g/mol. The first-order valence-corrected chi connectivity index (χ1v) is 32.9. The van der Waals surface area contributed by atoms with Gasteiger partial charge in [0.25, 0.3) is 6.71 Å². The minimum atomic E-state index is -0.403. The average Bonchev–Trinajstić information content (AvgIpc) is 0.762. The van der Waals surface area contributed by atoms with E-state index in [0.29, 0.717) is 28.9 Å². The van der Waals surface area contributed by atoms with Gasteiger partial charge in [-0.2, -0.15) is 0 Å². The fourth-order valence-electron chi connectivity index (χ4n) is 14.3. The molecule has 0 saturated heterocycles. The summed E-state index contributed by atoms with van der Waals surface area (Å²) < 4.78 is 8.15. The minimum Gasteiger partial charge on any atom is -0.457 e. The molecule has 0 spiro atoms. The molecule has 0 aliphatic carbocycles. The lowest BCUT2D eigenvalue weighted by atomic mass is 9.33. The van der Waals surface area contributed by atoms with E-state index < -0.39 is 5.97 Å². The van der Waals surface area contributed by atoms with E-state index in [9.17, 15) is 4.79 Å². The third-order valence-corrected chi connectivity index (χ3v) is 18.8. The van der Waals surface area contributed by atoms with Gasteiger partial charge in [-0.3, -0.25) is 0 Å². The van der Waals surface area contributed by atoms with E-state index in [4.69, 9.17) is 29.7 Å². The van der Waals surface area contributed by atoms with Gasteiger partial charge in [0.15, 0.2) is 23.3 Å². The highest BCUT2D eigenvalue weighted by molar-refractivity contribution is 7.00. The third-order valence-electron chi connectivity index (χ3n) is 18.8. The van der Waals surface area contributed by atoms with Gasteiger partial charge < -0.3 is 19.1 Å². The molecule has 0 amide bonds. The summed E-state index contributed by atoms with van der Waals surface area (Å²) in [5.74, 6) is 1.67. The van der Waals surface area contributed by atoms with Crippen molar-refractivity contribution in [1.82, 2.24) is 29.5 Å². The molecule has 2 aliphatic rings. The highest BCUT2D eigenvalue weighted by atomic mass is 16.5. The number of esters is 1. The average molecular weight is 1260 g/mol. The van der Waals surface area contributed by atoms with Crippen LogP contribution in [0.2, 0.25) is 0 Å². The molecule has 0 radical (unpaired) electrons. The number of carbonyl (C=O) groups excluding carboxylic acids is 1. The van der Waals surface area contributed by atoms with Gasteiger partial charge in [0.05, 0.1) is 33.7 Å². The van der Waals surface area contributed by atoms with Crippen LogP contribution in [0.5, 0.6) is 0 Å². The number of benzene rings is 13. The highest BCUT2D eigenvalue weighted by Crippen LogP contribution is 2.45. The normalized spacial score (nSPS) is 12.1. The Bertz CT molecular complexity index is 5680. The fraction of sp³-hybridized carbons (Fsp3) is 0.0115. The molecule has 3 aromatic heterocycles. The summed E-state index contributed by atoms with van der Waals surface area (Å²) in [6.45, 7) is 0.210. The van der Waals surface area contributed by atoms with Crippen molar-refractivity contribution >= 4 is 85.0 Å². The van der Waals surface area contributed by atoms with Gasteiger partial charge in [-0.25, -0.2) is 29.7 Å². The fourth-order valence-corrected chi connectivity index (χ4v) is 14.3. The molecular formula is C87H57BN8O2. The van der Waals surface area contributed by atoms with Crippen LogP contribution in [-0.4, -0.2) is 42.2 Å². The van der Waals surface area contributed by atoms with Crippen molar-refractivity contribution in [2.45, 2.75) is 6.61 Å². The van der Waals surface area contributed by atoms with E-state index in [1.807, 2.05) is 140 Å². The largest absolute Gasteiger partial charge is 0.457 e. The van der Waals surface area contributed by atoms with Crippen LogP contribution in [0.3, 0.4) is 0 Å². The van der Waals surface area contributed by atoms with Crippen LogP contribution in [0.4, 0.5) is 34.1 Å². The number of carbonyl (C=O) groups is 1. The molecule has 0 bridgehead atoms. The molecule has 0 atom stereocenters. The molecule has 460 valence electrons. The predicted octanol–water partition coefficient (Wildman–Crippen LogP) is 18.9. The number of hydrogen-bond acceptors (Lipinski definition) is 9. The summed E-state index contributed by atoms with van der Waals surface area (Å²) in [6, 6.07) is 115. The lowest BCUT2D eigenvalue weighted by Crippen LogP contribution is -2.61. The molecule has 5 heterocycles. The van der Waals surface area contributed by atoms with Crippen LogP contribution in [0, 0.1) is 0 Å². The van der Waals surface area contributed by atoms with Gasteiger partial charge in [-0.1, -0.05) is 237 Å². The zero-order valence-corrected chi connectivity index (χ0v) is 52.9. The number of hydrogen-bond donors (Lipinski definition) is 0. The Kier molecular flexibility index (Phi) is 14.3. The van der Waals surface area contributed by atoms with E-state index >= 15 is 0 Å². The molecule has 0 saturated carbocycles. The Balaban J connectivity index is 0.776. The van der Waals surface area contributed by atoms with Crippen molar-refractivity contribution in [3.05, 3.63) is 345 Å². The smallest absolute Gasteiger partial charge is 0.338 e. The van der Waals surface area contributed by atoms with E-state index in [2.05, 4.69) is 208 Å². The Morgan fingerprint density at radius 2 is 0.816 bits per heavy atom. The third kappa shape index (κ3) is 10.2. The first kappa shape index (κ1) is 57.5. The van der Waals surface area contributed by atoms with Gasteiger partial charge in [0, 0.05) is 78.3 Å². The van der Waals surface area contributed by atoms with Crippen molar-refractivity contribution < 1.29 is 9.53 Å². The molecular weight excluding hydrogens is 1200 g/mol. The number of para-hydroxylation sites is 4. The van der Waals surface area contributed by atoms with Crippen LogP contribution in [0.15, 0.2) is 334 Å². The molecule has 18 rings (SSSR count). The Labute approximate surface area is 566 Å². The Morgan fingerprint density at radius 1 is 0.327 bits per heavy atom. The van der Waals surface area contributed by atoms with Gasteiger partial charge in [-0.15, -0.1) is 0 Å². The summed E-state index contributed by atoms with van der Waals surface area (Å²) >= 11 is 0. The van der Waals surface area contributed by atoms with Crippen molar-refractivity contribution in [2.75, 3.05) is 9.80 Å². The zero-order chi connectivity index (χ0) is 65.0. The quantitative estimate of drug-likeness (QED) is 0.0825. The van der Waals surface area contributed by atoms with Gasteiger partial charge in [0.1, 0.15) is 6.61 Å². The predicted molar refractivity (Wildman–Crippen MR) is 397 cm³/mol. The lowest BCUT2D eigenvalue weighted by molar-refractivity contribution is 0.0473. The Hall–Kier alpha value is -13.1. The molecule has 11 heteroatoms. The SMILES string of the molecule is O=C(OCc1ccccc1)c1ccc2c(c1)c1ccccc1n2-c1ccc(-c2cc(-c3ccccc3)nc(-c3ccccc3)n2)cc1-c1nc(-c2ccccc2)nc(-c2cccc(-c3ccc(N4c5ccccc5B5c6ccccc6N(c6ccccc6)c6cccc4c65)cc3)c2)n1. The number of ether oxygens (including phenoxy) is 1. The van der Waals surface area contributed by atoms with Gasteiger partial charge in [-0.05, 0) is 130 Å². The molecule has 0 N–H and O–H groups in total. The van der Waals surface area contributed by atoms with E-state index in [0.717, 1.165) is 112 Å². The van der Waals surface area contributed by atoms with Crippen molar-refractivity contribution in [1.29, 1.82) is 0 Å². The summed E-state index contributed by atoms with van der Waals surface area (Å²) in [7, 11) is 0. The molecule has 2 aliphatic heterocycles. The number of rotatable bonds is 13. The molecule has 0 fully saturated rings. The summed E-state index contributed by atoms with van der Waals surface area (Å²) in [6.07, 6.45) is 0. The second-order valence-corrected chi connectivity index (χ2v) is 24.6. The van der Waals surface area contributed by atoms with Crippen molar-refractivity contribution in [2.24, 2.45) is 0 Å². The highest BCUT2D eigenvalue weighted by Gasteiger charge is 2.43. The van der Waals surface area contributed by atoms with Gasteiger partial charge >= 0.3 is 5.97 Å². The maximum atomic E-state index is 13.9. The van der Waals surface area contributed by atoms with Crippen LogP contribution >= 0.6 is 0 Å². The number of anilines is 6. The van der Waals surface area contributed by atoms with Gasteiger partial charge in [0.2, 0.25) is 0 Å². The minimum absolute atomic E-state index is 0.0483. The second kappa shape index (κ2) is 24.3. The van der Waals surface area contributed by atoms with E-state index in [1.165, 1.54) is 27.8 Å². The summed E-state index contributed by atoms with van der Waals surface area (Å²) in [5, 5.41) is 1.85. The summed E-state index contributed by atoms with van der Waals surface area (Å²) in [4.78, 5) is 45.6. The van der Waals surface area contributed by atoms with Crippen LogP contribution in [0.1, 0.15) is 15.9 Å².